The van der Waals surface area contributed by atoms with Gasteiger partial charge < -0.3 is 5.32 Å². The molecule has 0 aliphatic carbocycles. The summed E-state index contributed by atoms with van der Waals surface area (Å²) < 4.78 is 0. The van der Waals surface area contributed by atoms with E-state index in [0.29, 0.717) is 6.04 Å². The van der Waals surface area contributed by atoms with E-state index in [4.69, 9.17) is 0 Å². The zero-order valence-electron chi connectivity index (χ0n) is 13.1. The van der Waals surface area contributed by atoms with E-state index >= 15 is 0 Å². The average Bonchev–Trinajstić information content (AvgIpc) is 2.45. The fourth-order valence-corrected chi connectivity index (χ4v) is 5.48. The van der Waals surface area contributed by atoms with Gasteiger partial charge >= 0.3 is 0 Å². The van der Waals surface area contributed by atoms with Crippen LogP contribution in [0.15, 0.2) is 24.3 Å². The summed E-state index contributed by atoms with van der Waals surface area (Å²) in [7, 11) is 2.11. The molecular formula is C17H27NS2. The van der Waals surface area contributed by atoms with Crippen molar-refractivity contribution < 1.29 is 0 Å². The number of thioether (sulfide) groups is 2. The SMILES string of the molecule is CNC(Cc1ccc(C(C)(C)C)cc1)C1CSCCS1. The van der Waals surface area contributed by atoms with Crippen LogP contribution in [0.2, 0.25) is 0 Å². The van der Waals surface area contributed by atoms with Gasteiger partial charge in [0.2, 0.25) is 0 Å². The van der Waals surface area contributed by atoms with Crippen molar-refractivity contribution in [2.75, 3.05) is 24.3 Å². The summed E-state index contributed by atoms with van der Waals surface area (Å²) in [6, 6.07) is 9.81. The highest BCUT2D eigenvalue weighted by Gasteiger charge is 2.23. The van der Waals surface area contributed by atoms with Crippen molar-refractivity contribution in [1.29, 1.82) is 0 Å². The van der Waals surface area contributed by atoms with Gasteiger partial charge in [0.05, 0.1) is 0 Å². The van der Waals surface area contributed by atoms with Gasteiger partial charge in [-0.3, -0.25) is 0 Å². The predicted octanol–water partition coefficient (Wildman–Crippen LogP) is 3.96. The summed E-state index contributed by atoms with van der Waals surface area (Å²) in [6.45, 7) is 6.82. The Morgan fingerprint density at radius 3 is 2.40 bits per heavy atom. The first-order valence-electron chi connectivity index (χ1n) is 7.47. The standard InChI is InChI=1S/C17H27NS2/c1-17(2,3)14-7-5-13(6-8-14)11-15(18-4)16-12-19-9-10-20-16/h5-8,15-16,18H,9-12H2,1-4H3. The van der Waals surface area contributed by atoms with E-state index < -0.39 is 0 Å². The fourth-order valence-electron chi connectivity index (χ4n) is 2.55. The largest absolute Gasteiger partial charge is 0.316 e. The Bertz CT molecular complexity index is 402. The molecule has 1 nitrogen and oxygen atoms in total. The molecule has 0 saturated carbocycles. The number of likely N-dealkylation sites (N-methyl/N-ethyl adjacent to an activating group) is 1. The van der Waals surface area contributed by atoms with Crippen LogP contribution in [0, 0.1) is 0 Å². The molecule has 20 heavy (non-hydrogen) atoms. The zero-order chi connectivity index (χ0) is 14.6. The van der Waals surface area contributed by atoms with E-state index in [0.717, 1.165) is 11.7 Å². The van der Waals surface area contributed by atoms with Gasteiger partial charge in [-0.2, -0.15) is 23.5 Å². The number of benzene rings is 1. The Balaban J connectivity index is 2.00. The lowest BCUT2D eigenvalue weighted by Crippen LogP contribution is -2.40. The number of hydrogen-bond donors (Lipinski definition) is 1. The minimum Gasteiger partial charge on any atom is -0.316 e. The van der Waals surface area contributed by atoms with Gasteiger partial charge in [-0.15, -0.1) is 0 Å². The molecule has 0 aromatic heterocycles. The van der Waals surface area contributed by atoms with Crippen LogP contribution in [0.4, 0.5) is 0 Å². The fraction of sp³-hybridized carbons (Fsp3) is 0.647. The van der Waals surface area contributed by atoms with Gasteiger partial charge in [-0.25, -0.2) is 0 Å². The first-order valence-corrected chi connectivity index (χ1v) is 9.67. The van der Waals surface area contributed by atoms with Crippen LogP contribution in [-0.4, -0.2) is 35.6 Å². The zero-order valence-corrected chi connectivity index (χ0v) is 14.7. The molecule has 0 bridgehead atoms. The third-order valence-corrected chi connectivity index (χ3v) is 6.86. The van der Waals surface area contributed by atoms with Crippen molar-refractivity contribution in [3.63, 3.8) is 0 Å². The van der Waals surface area contributed by atoms with Crippen LogP contribution in [0.3, 0.4) is 0 Å². The second-order valence-electron chi connectivity index (χ2n) is 6.53. The topological polar surface area (TPSA) is 12.0 Å². The second kappa shape index (κ2) is 7.24. The summed E-state index contributed by atoms with van der Waals surface area (Å²) in [5, 5.41) is 4.28. The Hall–Kier alpha value is -0.120. The molecule has 1 aliphatic heterocycles. The third kappa shape index (κ3) is 4.44. The first-order chi connectivity index (χ1) is 9.50. The maximum Gasteiger partial charge on any atom is 0.0295 e. The summed E-state index contributed by atoms with van der Waals surface area (Å²) >= 11 is 4.24. The van der Waals surface area contributed by atoms with E-state index in [1.54, 1.807) is 0 Å². The van der Waals surface area contributed by atoms with Crippen molar-refractivity contribution in [3.8, 4) is 0 Å². The van der Waals surface area contributed by atoms with Crippen molar-refractivity contribution in [1.82, 2.24) is 5.32 Å². The molecule has 2 rings (SSSR count). The minimum absolute atomic E-state index is 0.247. The molecule has 0 amide bonds. The van der Waals surface area contributed by atoms with E-state index in [9.17, 15) is 0 Å². The molecule has 1 aromatic carbocycles. The monoisotopic (exact) mass is 309 g/mol. The van der Waals surface area contributed by atoms with Crippen molar-refractivity contribution in [2.24, 2.45) is 0 Å². The molecule has 1 aliphatic rings. The van der Waals surface area contributed by atoms with E-state index in [1.165, 1.54) is 28.4 Å². The maximum absolute atomic E-state index is 3.53. The van der Waals surface area contributed by atoms with E-state index in [1.807, 2.05) is 0 Å². The molecular weight excluding hydrogens is 282 g/mol. The first kappa shape index (κ1) is 16.3. The Labute approximate surface area is 132 Å². The molecule has 2 unspecified atom stereocenters. The van der Waals surface area contributed by atoms with Crippen molar-refractivity contribution in [2.45, 2.75) is 43.9 Å². The summed E-state index contributed by atoms with van der Waals surface area (Å²) in [4.78, 5) is 0. The number of rotatable bonds is 4. The molecule has 2 atom stereocenters. The highest BCUT2D eigenvalue weighted by Crippen LogP contribution is 2.28. The molecule has 1 heterocycles. The molecule has 1 saturated heterocycles. The van der Waals surface area contributed by atoms with Gasteiger partial charge in [-0.1, -0.05) is 45.0 Å². The molecule has 3 heteroatoms. The van der Waals surface area contributed by atoms with Gasteiger partial charge in [-0.05, 0) is 30.0 Å². The Morgan fingerprint density at radius 2 is 1.90 bits per heavy atom. The van der Waals surface area contributed by atoms with Crippen molar-refractivity contribution in [3.05, 3.63) is 35.4 Å². The second-order valence-corrected chi connectivity index (χ2v) is 9.03. The van der Waals surface area contributed by atoms with Crippen LogP contribution < -0.4 is 5.32 Å². The predicted molar refractivity (Wildman–Crippen MR) is 95.3 cm³/mol. The Morgan fingerprint density at radius 1 is 1.20 bits per heavy atom. The lowest BCUT2D eigenvalue weighted by Gasteiger charge is -2.29. The van der Waals surface area contributed by atoms with Gasteiger partial charge in [0, 0.05) is 28.6 Å². The smallest absolute Gasteiger partial charge is 0.0295 e. The molecule has 1 fully saturated rings. The van der Waals surface area contributed by atoms with E-state index in [-0.39, 0.29) is 5.41 Å². The highest BCUT2D eigenvalue weighted by atomic mass is 32.2. The van der Waals surface area contributed by atoms with Gasteiger partial charge in [0.1, 0.15) is 0 Å². The molecule has 1 aromatic rings. The lowest BCUT2D eigenvalue weighted by atomic mass is 9.86. The molecule has 0 radical (unpaired) electrons. The van der Waals surface area contributed by atoms with Crippen LogP contribution in [-0.2, 0) is 11.8 Å². The Kier molecular flexibility index (Phi) is 5.88. The van der Waals surface area contributed by atoms with Crippen LogP contribution in [0.25, 0.3) is 0 Å². The van der Waals surface area contributed by atoms with Crippen molar-refractivity contribution >= 4 is 23.5 Å². The summed E-state index contributed by atoms with van der Waals surface area (Å²) in [6.07, 6.45) is 1.14. The summed E-state index contributed by atoms with van der Waals surface area (Å²) in [5.74, 6) is 3.91. The van der Waals surface area contributed by atoms with Crippen LogP contribution >= 0.6 is 23.5 Å². The molecule has 112 valence electrons. The lowest BCUT2D eigenvalue weighted by molar-refractivity contribution is 0.556. The normalized spacial score (nSPS) is 21.7. The van der Waals surface area contributed by atoms with Gasteiger partial charge in [0.25, 0.3) is 0 Å². The number of hydrogen-bond acceptors (Lipinski definition) is 3. The van der Waals surface area contributed by atoms with Crippen LogP contribution in [0.5, 0.6) is 0 Å². The van der Waals surface area contributed by atoms with Gasteiger partial charge in [0.15, 0.2) is 0 Å². The van der Waals surface area contributed by atoms with Crippen LogP contribution in [0.1, 0.15) is 31.9 Å². The summed E-state index contributed by atoms with van der Waals surface area (Å²) in [5.41, 5.74) is 3.12. The quantitative estimate of drug-likeness (QED) is 0.904. The van der Waals surface area contributed by atoms with E-state index in [2.05, 4.69) is 80.9 Å². The molecule has 1 N–H and O–H groups in total. The average molecular weight is 310 g/mol. The highest BCUT2D eigenvalue weighted by molar-refractivity contribution is 8.06. The number of nitrogens with one attached hydrogen (secondary N) is 1. The maximum atomic E-state index is 3.53. The third-order valence-electron chi connectivity index (χ3n) is 3.94. The minimum atomic E-state index is 0.247. The molecule has 0 spiro atoms.